The van der Waals surface area contributed by atoms with Gasteiger partial charge in [-0.2, -0.15) is 13.2 Å². The van der Waals surface area contributed by atoms with Gasteiger partial charge < -0.3 is 5.73 Å². The molecule has 1 heterocycles. The minimum Gasteiger partial charge on any atom is -0.327 e. The summed E-state index contributed by atoms with van der Waals surface area (Å²) in [5.74, 6) is -0.814. The van der Waals surface area contributed by atoms with E-state index in [0.29, 0.717) is 24.6 Å². The van der Waals surface area contributed by atoms with Crippen LogP contribution in [0.3, 0.4) is 0 Å². The molecule has 2 atom stereocenters. The zero-order chi connectivity index (χ0) is 14.9. The smallest absolute Gasteiger partial charge is 0.327 e. The van der Waals surface area contributed by atoms with Crippen LogP contribution in [0.5, 0.6) is 0 Å². The number of benzene rings is 1. The number of nitrogens with two attached hydrogens (primary N) is 1. The fourth-order valence-corrected chi connectivity index (χ4v) is 2.79. The van der Waals surface area contributed by atoms with Gasteiger partial charge in [-0.05, 0) is 30.0 Å². The number of hydrogen-bond donors (Lipinski definition) is 1. The molecule has 0 spiro atoms. The monoisotopic (exact) mass is 290 g/mol. The Bertz CT molecular complexity index is 463. The van der Waals surface area contributed by atoms with Crippen LogP contribution in [0, 0.1) is 11.7 Å². The zero-order valence-electron chi connectivity index (χ0n) is 11.3. The molecular formula is C14H18F4N2. The van der Waals surface area contributed by atoms with Gasteiger partial charge in [0.05, 0.1) is 5.56 Å². The Morgan fingerprint density at radius 2 is 2.00 bits per heavy atom. The van der Waals surface area contributed by atoms with Crippen molar-refractivity contribution in [3.05, 3.63) is 35.1 Å². The quantitative estimate of drug-likeness (QED) is 0.848. The third-order valence-corrected chi connectivity index (χ3v) is 3.51. The van der Waals surface area contributed by atoms with Crippen LogP contribution in [0.25, 0.3) is 0 Å². The summed E-state index contributed by atoms with van der Waals surface area (Å²) in [6, 6.07) is 3.21. The van der Waals surface area contributed by atoms with Gasteiger partial charge in [-0.3, -0.25) is 4.90 Å². The van der Waals surface area contributed by atoms with Crippen LogP contribution in [-0.2, 0) is 12.7 Å². The van der Waals surface area contributed by atoms with Crippen molar-refractivity contribution in [2.45, 2.75) is 32.1 Å². The van der Waals surface area contributed by atoms with Crippen LogP contribution in [0.1, 0.15) is 24.5 Å². The SMILES string of the molecule is CC1CC(N)CN(Cc2ccc(F)c(C(F)(F)F)c2)C1. The van der Waals surface area contributed by atoms with Gasteiger partial charge in [0.1, 0.15) is 5.82 Å². The van der Waals surface area contributed by atoms with Gasteiger partial charge in [-0.1, -0.05) is 13.0 Å². The van der Waals surface area contributed by atoms with Gasteiger partial charge in [-0.25, -0.2) is 4.39 Å². The van der Waals surface area contributed by atoms with Gasteiger partial charge in [0.2, 0.25) is 0 Å². The molecule has 1 fully saturated rings. The molecule has 0 saturated carbocycles. The molecular weight excluding hydrogens is 272 g/mol. The summed E-state index contributed by atoms with van der Waals surface area (Å²) in [7, 11) is 0. The summed E-state index contributed by atoms with van der Waals surface area (Å²) in [4.78, 5) is 2.02. The molecule has 1 aromatic rings. The molecule has 6 heteroatoms. The molecule has 0 bridgehead atoms. The summed E-state index contributed by atoms with van der Waals surface area (Å²) < 4.78 is 51.2. The number of alkyl halides is 3. The van der Waals surface area contributed by atoms with Gasteiger partial charge >= 0.3 is 6.18 Å². The van der Waals surface area contributed by atoms with Crippen LogP contribution >= 0.6 is 0 Å². The van der Waals surface area contributed by atoms with Crippen molar-refractivity contribution in [1.82, 2.24) is 4.90 Å². The first kappa shape index (κ1) is 15.3. The molecule has 1 aliphatic heterocycles. The van der Waals surface area contributed by atoms with Crippen LogP contribution in [0.2, 0.25) is 0 Å². The Morgan fingerprint density at radius 1 is 1.30 bits per heavy atom. The van der Waals surface area contributed by atoms with Crippen LogP contribution in [0.4, 0.5) is 17.6 Å². The minimum atomic E-state index is -4.66. The van der Waals surface area contributed by atoms with Crippen molar-refractivity contribution in [1.29, 1.82) is 0 Å². The molecule has 2 nitrogen and oxygen atoms in total. The number of piperidine rings is 1. The second-order valence-electron chi connectivity index (χ2n) is 5.61. The highest BCUT2D eigenvalue weighted by atomic mass is 19.4. The average Bonchev–Trinajstić information content (AvgIpc) is 2.29. The van der Waals surface area contributed by atoms with E-state index in [1.54, 1.807) is 0 Å². The Balaban J connectivity index is 2.14. The normalized spacial score (nSPS) is 24.9. The van der Waals surface area contributed by atoms with E-state index in [9.17, 15) is 17.6 Å². The standard InChI is InChI=1S/C14H18F4N2/c1-9-4-11(19)8-20(6-9)7-10-2-3-13(15)12(5-10)14(16,17)18/h2-3,5,9,11H,4,6-8,19H2,1H3. The first-order valence-electron chi connectivity index (χ1n) is 6.59. The van der Waals surface area contributed by atoms with E-state index in [2.05, 4.69) is 6.92 Å². The van der Waals surface area contributed by atoms with E-state index >= 15 is 0 Å². The lowest BCUT2D eigenvalue weighted by molar-refractivity contribution is -0.140. The van der Waals surface area contributed by atoms with Crippen LogP contribution in [-0.4, -0.2) is 24.0 Å². The predicted molar refractivity (Wildman–Crippen MR) is 68.4 cm³/mol. The molecule has 0 amide bonds. The molecule has 1 aromatic carbocycles. The van der Waals surface area contributed by atoms with Gasteiger partial charge in [0.25, 0.3) is 0 Å². The van der Waals surface area contributed by atoms with Crippen LogP contribution in [0.15, 0.2) is 18.2 Å². The molecule has 112 valence electrons. The van der Waals surface area contributed by atoms with E-state index in [1.165, 1.54) is 6.07 Å². The van der Waals surface area contributed by atoms with Crippen molar-refractivity contribution in [3.63, 3.8) is 0 Å². The maximum absolute atomic E-state index is 13.2. The second-order valence-corrected chi connectivity index (χ2v) is 5.61. The molecule has 1 saturated heterocycles. The molecule has 0 radical (unpaired) electrons. The molecule has 2 rings (SSSR count). The fraction of sp³-hybridized carbons (Fsp3) is 0.571. The van der Waals surface area contributed by atoms with E-state index < -0.39 is 17.6 Å². The Morgan fingerprint density at radius 3 is 2.60 bits per heavy atom. The summed E-state index contributed by atoms with van der Waals surface area (Å²) in [5, 5.41) is 0. The number of hydrogen-bond acceptors (Lipinski definition) is 2. The average molecular weight is 290 g/mol. The fourth-order valence-electron chi connectivity index (χ4n) is 2.79. The Kier molecular flexibility index (Phi) is 4.34. The zero-order valence-corrected chi connectivity index (χ0v) is 11.3. The van der Waals surface area contributed by atoms with Crippen molar-refractivity contribution < 1.29 is 17.6 Å². The molecule has 1 aliphatic rings. The lowest BCUT2D eigenvalue weighted by Gasteiger charge is -2.34. The van der Waals surface area contributed by atoms with Crippen molar-refractivity contribution in [2.24, 2.45) is 11.7 Å². The molecule has 2 N–H and O–H groups in total. The highest BCUT2D eigenvalue weighted by Crippen LogP contribution is 2.32. The van der Waals surface area contributed by atoms with E-state index in [4.69, 9.17) is 5.73 Å². The molecule has 0 aromatic heterocycles. The lowest BCUT2D eigenvalue weighted by Crippen LogP contribution is -2.45. The number of rotatable bonds is 2. The highest BCUT2D eigenvalue weighted by Gasteiger charge is 2.34. The molecule has 20 heavy (non-hydrogen) atoms. The van der Waals surface area contributed by atoms with E-state index in [-0.39, 0.29) is 6.04 Å². The summed E-state index contributed by atoms with van der Waals surface area (Å²) in [5.41, 5.74) is 5.16. The van der Waals surface area contributed by atoms with Crippen molar-refractivity contribution in [3.8, 4) is 0 Å². The molecule has 0 aliphatic carbocycles. The predicted octanol–water partition coefficient (Wildman–Crippen LogP) is 3.01. The van der Waals surface area contributed by atoms with Crippen molar-refractivity contribution >= 4 is 0 Å². The van der Waals surface area contributed by atoms with Gasteiger partial charge in [0, 0.05) is 25.7 Å². The first-order valence-corrected chi connectivity index (χ1v) is 6.59. The van der Waals surface area contributed by atoms with Gasteiger partial charge in [-0.15, -0.1) is 0 Å². The van der Waals surface area contributed by atoms with Crippen molar-refractivity contribution in [2.75, 3.05) is 13.1 Å². The summed E-state index contributed by atoms with van der Waals surface area (Å²) in [6.45, 7) is 3.88. The maximum Gasteiger partial charge on any atom is 0.419 e. The highest BCUT2D eigenvalue weighted by molar-refractivity contribution is 5.27. The molecule has 2 unspecified atom stereocenters. The Labute approximate surface area is 115 Å². The second kappa shape index (κ2) is 5.69. The summed E-state index contributed by atoms with van der Waals surface area (Å²) >= 11 is 0. The van der Waals surface area contributed by atoms with Gasteiger partial charge in [0.15, 0.2) is 0 Å². The Hall–Kier alpha value is -1.14. The lowest BCUT2D eigenvalue weighted by atomic mass is 9.96. The maximum atomic E-state index is 13.2. The van der Waals surface area contributed by atoms with Crippen LogP contribution < -0.4 is 5.73 Å². The largest absolute Gasteiger partial charge is 0.419 e. The minimum absolute atomic E-state index is 0.0429. The third-order valence-electron chi connectivity index (χ3n) is 3.51. The number of nitrogens with zero attached hydrogens (tertiary/aromatic N) is 1. The summed E-state index contributed by atoms with van der Waals surface area (Å²) in [6.07, 6.45) is -3.74. The third kappa shape index (κ3) is 3.70. The van der Waals surface area contributed by atoms with E-state index in [1.807, 2.05) is 4.90 Å². The topological polar surface area (TPSA) is 29.3 Å². The van der Waals surface area contributed by atoms with E-state index in [0.717, 1.165) is 25.1 Å². The first-order chi connectivity index (χ1) is 9.25. The number of likely N-dealkylation sites (tertiary alicyclic amines) is 1. The number of halogens is 4.